The Balaban J connectivity index is 2.21. The van der Waals surface area contributed by atoms with E-state index in [-0.39, 0.29) is 18.7 Å². The number of nitrogens with one attached hydrogen (secondary N) is 1. The number of hydrogen-bond acceptors (Lipinski definition) is 5. The Labute approximate surface area is 130 Å². The molecule has 2 N–H and O–H groups in total. The standard InChI is InChI=1S/C13H18BrN5O2/c1-8-10(9(2)18(3)17-8)6-15-11-7-16-19(4-5-20)13(21)12(11)14/h7,15,20H,4-6H2,1-3H3. The Morgan fingerprint density at radius 1 is 1.43 bits per heavy atom. The molecule has 0 radical (unpaired) electrons. The summed E-state index contributed by atoms with van der Waals surface area (Å²) in [6, 6.07) is 0. The second-order valence-corrected chi connectivity index (χ2v) is 5.54. The first-order valence-corrected chi connectivity index (χ1v) is 7.34. The summed E-state index contributed by atoms with van der Waals surface area (Å²) in [7, 11) is 1.90. The van der Waals surface area contributed by atoms with E-state index in [0.29, 0.717) is 16.7 Å². The summed E-state index contributed by atoms with van der Waals surface area (Å²) in [4.78, 5) is 12.0. The summed E-state index contributed by atoms with van der Waals surface area (Å²) in [6.45, 7) is 4.58. The molecular formula is C13H18BrN5O2. The summed E-state index contributed by atoms with van der Waals surface area (Å²) in [6.07, 6.45) is 1.57. The fourth-order valence-electron chi connectivity index (χ4n) is 2.10. The number of aryl methyl sites for hydroxylation is 2. The molecule has 0 unspecified atom stereocenters. The summed E-state index contributed by atoms with van der Waals surface area (Å²) >= 11 is 3.28. The Morgan fingerprint density at radius 2 is 2.14 bits per heavy atom. The number of hydrogen-bond donors (Lipinski definition) is 2. The van der Waals surface area contributed by atoms with Gasteiger partial charge in [0, 0.05) is 24.8 Å². The van der Waals surface area contributed by atoms with Crippen molar-refractivity contribution in [3.8, 4) is 0 Å². The predicted octanol–water partition coefficient (Wildman–Crippen LogP) is 0.961. The third-order valence-electron chi connectivity index (χ3n) is 3.41. The van der Waals surface area contributed by atoms with Gasteiger partial charge in [-0.3, -0.25) is 9.48 Å². The fraction of sp³-hybridized carbons (Fsp3) is 0.462. The van der Waals surface area contributed by atoms with Crippen molar-refractivity contribution in [2.24, 2.45) is 7.05 Å². The minimum absolute atomic E-state index is 0.125. The van der Waals surface area contributed by atoms with Gasteiger partial charge in [0.25, 0.3) is 5.56 Å². The molecule has 114 valence electrons. The molecule has 2 heterocycles. The zero-order valence-corrected chi connectivity index (χ0v) is 13.8. The largest absolute Gasteiger partial charge is 0.394 e. The summed E-state index contributed by atoms with van der Waals surface area (Å²) in [5, 5.41) is 20.5. The molecule has 0 fully saturated rings. The minimum Gasteiger partial charge on any atom is -0.394 e. The van der Waals surface area contributed by atoms with E-state index in [2.05, 4.69) is 31.4 Å². The minimum atomic E-state index is -0.270. The van der Waals surface area contributed by atoms with Crippen LogP contribution in [0.4, 0.5) is 5.69 Å². The Kier molecular flexibility index (Phi) is 4.79. The van der Waals surface area contributed by atoms with Crippen LogP contribution < -0.4 is 10.9 Å². The second-order valence-electron chi connectivity index (χ2n) is 4.75. The van der Waals surface area contributed by atoms with E-state index in [9.17, 15) is 4.79 Å². The van der Waals surface area contributed by atoms with Gasteiger partial charge in [0.2, 0.25) is 0 Å². The highest BCUT2D eigenvalue weighted by Gasteiger charge is 2.12. The van der Waals surface area contributed by atoms with Crippen LogP contribution >= 0.6 is 15.9 Å². The average molecular weight is 356 g/mol. The first-order valence-electron chi connectivity index (χ1n) is 6.55. The zero-order chi connectivity index (χ0) is 15.6. The van der Waals surface area contributed by atoms with Crippen LogP contribution in [0.1, 0.15) is 17.0 Å². The fourth-order valence-corrected chi connectivity index (χ4v) is 2.55. The van der Waals surface area contributed by atoms with Gasteiger partial charge in [-0.15, -0.1) is 0 Å². The lowest BCUT2D eigenvalue weighted by Crippen LogP contribution is -2.25. The average Bonchev–Trinajstić information content (AvgIpc) is 2.69. The van der Waals surface area contributed by atoms with Gasteiger partial charge in [-0.1, -0.05) is 0 Å². The number of aliphatic hydroxyl groups excluding tert-OH is 1. The molecule has 0 amide bonds. The molecule has 8 heteroatoms. The van der Waals surface area contributed by atoms with Crippen LogP contribution in [-0.4, -0.2) is 31.3 Å². The SMILES string of the molecule is Cc1nn(C)c(C)c1CNc1cnn(CCO)c(=O)c1Br. The Hall–Kier alpha value is -1.67. The molecule has 0 atom stereocenters. The molecule has 2 rings (SSSR count). The highest BCUT2D eigenvalue weighted by molar-refractivity contribution is 9.10. The highest BCUT2D eigenvalue weighted by atomic mass is 79.9. The van der Waals surface area contributed by atoms with E-state index in [1.54, 1.807) is 6.20 Å². The summed E-state index contributed by atoms with van der Waals surface area (Å²) < 4.78 is 3.46. The number of halogens is 1. The molecule has 2 aromatic heterocycles. The monoisotopic (exact) mass is 355 g/mol. The molecule has 0 aromatic carbocycles. The smallest absolute Gasteiger partial charge is 0.283 e. The number of aromatic nitrogens is 4. The maximum Gasteiger partial charge on any atom is 0.283 e. The summed E-state index contributed by atoms with van der Waals surface area (Å²) in [5.74, 6) is 0. The van der Waals surface area contributed by atoms with Gasteiger partial charge >= 0.3 is 0 Å². The van der Waals surface area contributed by atoms with Crippen molar-refractivity contribution in [2.75, 3.05) is 11.9 Å². The van der Waals surface area contributed by atoms with Crippen LogP contribution in [0, 0.1) is 13.8 Å². The van der Waals surface area contributed by atoms with Gasteiger partial charge in [-0.05, 0) is 29.8 Å². The van der Waals surface area contributed by atoms with E-state index in [4.69, 9.17) is 5.11 Å². The van der Waals surface area contributed by atoms with Crippen molar-refractivity contribution >= 4 is 21.6 Å². The number of aliphatic hydroxyl groups is 1. The number of anilines is 1. The quantitative estimate of drug-likeness (QED) is 0.834. The molecule has 21 heavy (non-hydrogen) atoms. The van der Waals surface area contributed by atoms with E-state index in [0.717, 1.165) is 17.0 Å². The first-order chi connectivity index (χ1) is 9.95. The second kappa shape index (κ2) is 6.40. The summed E-state index contributed by atoms with van der Waals surface area (Å²) in [5.41, 5.74) is 3.49. The van der Waals surface area contributed by atoms with Crippen molar-refractivity contribution in [3.05, 3.63) is 38.0 Å². The topological polar surface area (TPSA) is 85.0 Å². The van der Waals surface area contributed by atoms with Crippen LogP contribution in [0.2, 0.25) is 0 Å². The van der Waals surface area contributed by atoms with Crippen molar-refractivity contribution in [2.45, 2.75) is 26.9 Å². The van der Waals surface area contributed by atoms with Crippen LogP contribution in [0.3, 0.4) is 0 Å². The lowest BCUT2D eigenvalue weighted by Gasteiger charge is -2.10. The van der Waals surface area contributed by atoms with Crippen LogP contribution in [0.25, 0.3) is 0 Å². The lowest BCUT2D eigenvalue weighted by atomic mass is 10.2. The van der Waals surface area contributed by atoms with Gasteiger partial charge in [0.15, 0.2) is 0 Å². The molecule has 0 spiro atoms. The van der Waals surface area contributed by atoms with E-state index < -0.39 is 0 Å². The molecule has 0 aliphatic carbocycles. The van der Waals surface area contributed by atoms with Crippen LogP contribution in [0.15, 0.2) is 15.5 Å². The van der Waals surface area contributed by atoms with Crippen molar-refractivity contribution in [1.29, 1.82) is 0 Å². The maximum atomic E-state index is 12.0. The molecule has 0 bridgehead atoms. The van der Waals surface area contributed by atoms with Crippen LogP contribution in [-0.2, 0) is 20.1 Å². The molecular weight excluding hydrogens is 338 g/mol. The molecule has 7 nitrogen and oxygen atoms in total. The highest BCUT2D eigenvalue weighted by Crippen LogP contribution is 2.19. The lowest BCUT2D eigenvalue weighted by molar-refractivity contribution is 0.266. The Morgan fingerprint density at radius 3 is 2.71 bits per heavy atom. The van der Waals surface area contributed by atoms with Crippen molar-refractivity contribution in [1.82, 2.24) is 19.6 Å². The van der Waals surface area contributed by atoms with Gasteiger partial charge in [0.05, 0.1) is 30.7 Å². The van der Waals surface area contributed by atoms with Crippen LogP contribution in [0.5, 0.6) is 0 Å². The third-order valence-corrected chi connectivity index (χ3v) is 4.18. The van der Waals surface area contributed by atoms with Gasteiger partial charge in [0.1, 0.15) is 4.47 Å². The number of nitrogens with zero attached hydrogens (tertiary/aromatic N) is 4. The van der Waals surface area contributed by atoms with Crippen molar-refractivity contribution < 1.29 is 5.11 Å². The molecule has 0 aliphatic rings. The normalized spacial score (nSPS) is 10.9. The third kappa shape index (κ3) is 3.16. The molecule has 0 saturated carbocycles. The zero-order valence-electron chi connectivity index (χ0n) is 12.2. The predicted molar refractivity (Wildman–Crippen MR) is 83.3 cm³/mol. The van der Waals surface area contributed by atoms with E-state index in [1.165, 1.54) is 4.68 Å². The van der Waals surface area contributed by atoms with E-state index in [1.807, 2.05) is 25.6 Å². The molecule has 2 aromatic rings. The van der Waals surface area contributed by atoms with Gasteiger partial charge < -0.3 is 10.4 Å². The first kappa shape index (κ1) is 15.7. The van der Waals surface area contributed by atoms with E-state index >= 15 is 0 Å². The molecule has 0 aliphatic heterocycles. The maximum absolute atomic E-state index is 12.0. The van der Waals surface area contributed by atoms with Gasteiger partial charge in [-0.25, -0.2) is 4.68 Å². The Bertz CT molecular complexity index is 707. The molecule has 0 saturated heterocycles. The van der Waals surface area contributed by atoms with Crippen molar-refractivity contribution in [3.63, 3.8) is 0 Å². The van der Waals surface area contributed by atoms with Gasteiger partial charge in [-0.2, -0.15) is 10.2 Å². The number of rotatable bonds is 5.